The summed E-state index contributed by atoms with van der Waals surface area (Å²) in [7, 11) is -3.51. The van der Waals surface area contributed by atoms with Gasteiger partial charge in [0.15, 0.2) is 0 Å². The smallest absolute Gasteiger partial charge is 0.246 e. The molecule has 1 fully saturated rings. The standard InChI is InChI=1S/C20H23N3O4S/c24-20(23-10-9-16-3-1-2-4-19(16)23)15-21-17-5-7-18(8-6-17)28(25,26)22-11-13-27-14-12-22/h1-8,21H,9-15H2. The summed E-state index contributed by atoms with van der Waals surface area (Å²) >= 11 is 0. The number of hydrogen-bond acceptors (Lipinski definition) is 5. The molecule has 2 aliphatic heterocycles. The number of amides is 1. The third-order valence-electron chi connectivity index (χ3n) is 5.09. The molecule has 0 aliphatic carbocycles. The number of nitrogens with zero attached hydrogens (tertiary/aromatic N) is 2. The number of fused-ring (bicyclic) bond motifs is 1. The Morgan fingerprint density at radius 1 is 1.00 bits per heavy atom. The molecular weight excluding hydrogens is 378 g/mol. The van der Waals surface area contributed by atoms with Crippen molar-refractivity contribution in [2.45, 2.75) is 11.3 Å². The van der Waals surface area contributed by atoms with Crippen molar-refractivity contribution in [2.24, 2.45) is 0 Å². The van der Waals surface area contributed by atoms with Gasteiger partial charge in [0, 0.05) is 31.0 Å². The third kappa shape index (κ3) is 3.76. The second-order valence-corrected chi connectivity index (χ2v) is 8.76. The van der Waals surface area contributed by atoms with Gasteiger partial charge in [0.25, 0.3) is 0 Å². The molecule has 1 amide bonds. The van der Waals surface area contributed by atoms with Crippen LogP contribution in [0.5, 0.6) is 0 Å². The molecule has 4 rings (SSSR count). The monoisotopic (exact) mass is 401 g/mol. The third-order valence-corrected chi connectivity index (χ3v) is 7.01. The lowest BCUT2D eigenvalue weighted by Crippen LogP contribution is -2.40. The molecule has 0 aromatic heterocycles. The fraction of sp³-hybridized carbons (Fsp3) is 0.350. The van der Waals surface area contributed by atoms with E-state index in [9.17, 15) is 13.2 Å². The average molecular weight is 401 g/mol. The first-order valence-corrected chi connectivity index (χ1v) is 10.8. The molecule has 148 valence electrons. The van der Waals surface area contributed by atoms with Crippen LogP contribution in [0.4, 0.5) is 11.4 Å². The number of anilines is 2. The van der Waals surface area contributed by atoms with Crippen molar-refractivity contribution in [3.05, 3.63) is 54.1 Å². The molecule has 2 aromatic carbocycles. The normalized spacial score (nSPS) is 17.4. The lowest BCUT2D eigenvalue weighted by molar-refractivity contribution is -0.116. The summed E-state index contributed by atoms with van der Waals surface area (Å²) in [5.41, 5.74) is 2.87. The summed E-state index contributed by atoms with van der Waals surface area (Å²) in [5.74, 6) is -0.00466. The minimum atomic E-state index is -3.51. The van der Waals surface area contributed by atoms with Gasteiger partial charge in [0.05, 0.1) is 24.7 Å². The maximum atomic E-state index is 12.6. The Hall–Kier alpha value is -2.42. The summed E-state index contributed by atoms with van der Waals surface area (Å²) in [6.07, 6.45) is 0.871. The van der Waals surface area contributed by atoms with Gasteiger partial charge in [-0.2, -0.15) is 4.31 Å². The molecule has 0 atom stereocenters. The minimum absolute atomic E-state index is 0.00466. The van der Waals surface area contributed by atoms with Crippen LogP contribution in [0.2, 0.25) is 0 Å². The summed E-state index contributed by atoms with van der Waals surface area (Å²) in [6.45, 7) is 2.42. The van der Waals surface area contributed by atoms with E-state index in [4.69, 9.17) is 4.74 Å². The van der Waals surface area contributed by atoms with Crippen molar-refractivity contribution in [3.63, 3.8) is 0 Å². The van der Waals surface area contributed by atoms with E-state index in [1.165, 1.54) is 9.87 Å². The Kier molecular flexibility index (Phi) is 5.34. The molecule has 1 N–H and O–H groups in total. The van der Waals surface area contributed by atoms with Crippen molar-refractivity contribution in [3.8, 4) is 0 Å². The van der Waals surface area contributed by atoms with E-state index in [0.29, 0.717) is 38.5 Å². The van der Waals surface area contributed by atoms with Gasteiger partial charge in [-0.05, 0) is 42.3 Å². The highest BCUT2D eigenvalue weighted by atomic mass is 32.2. The molecule has 2 heterocycles. The van der Waals surface area contributed by atoms with Crippen LogP contribution < -0.4 is 10.2 Å². The Morgan fingerprint density at radius 3 is 2.46 bits per heavy atom. The molecule has 0 radical (unpaired) electrons. The van der Waals surface area contributed by atoms with Gasteiger partial charge in [-0.15, -0.1) is 0 Å². The fourth-order valence-electron chi connectivity index (χ4n) is 3.55. The number of ether oxygens (including phenoxy) is 1. The Balaban J connectivity index is 1.38. The highest BCUT2D eigenvalue weighted by Gasteiger charge is 2.26. The SMILES string of the molecule is O=C(CNc1ccc(S(=O)(=O)N2CCOCC2)cc1)N1CCc2ccccc21. The molecular formula is C20H23N3O4S. The predicted molar refractivity (Wildman–Crippen MR) is 107 cm³/mol. The van der Waals surface area contributed by atoms with E-state index in [1.54, 1.807) is 29.2 Å². The zero-order valence-corrected chi connectivity index (χ0v) is 16.3. The summed E-state index contributed by atoms with van der Waals surface area (Å²) in [4.78, 5) is 14.6. The predicted octanol–water partition coefficient (Wildman–Crippen LogP) is 1.71. The molecule has 0 unspecified atom stereocenters. The van der Waals surface area contributed by atoms with E-state index in [2.05, 4.69) is 5.32 Å². The van der Waals surface area contributed by atoms with Crippen molar-refractivity contribution >= 4 is 27.3 Å². The Bertz CT molecular complexity index is 954. The Labute approximate surface area is 165 Å². The lowest BCUT2D eigenvalue weighted by Gasteiger charge is -2.26. The largest absolute Gasteiger partial charge is 0.379 e. The highest BCUT2D eigenvalue weighted by molar-refractivity contribution is 7.89. The van der Waals surface area contributed by atoms with Crippen LogP contribution in [0.25, 0.3) is 0 Å². The minimum Gasteiger partial charge on any atom is -0.379 e. The van der Waals surface area contributed by atoms with Crippen molar-refractivity contribution in [1.82, 2.24) is 4.31 Å². The van der Waals surface area contributed by atoms with Crippen LogP contribution in [0.1, 0.15) is 5.56 Å². The first-order valence-electron chi connectivity index (χ1n) is 9.36. The first kappa shape index (κ1) is 18.9. The zero-order valence-electron chi connectivity index (χ0n) is 15.5. The summed E-state index contributed by atoms with van der Waals surface area (Å²) in [6, 6.07) is 14.5. The molecule has 7 nitrogen and oxygen atoms in total. The number of para-hydroxylation sites is 1. The van der Waals surface area contributed by atoms with Crippen molar-refractivity contribution in [1.29, 1.82) is 0 Å². The van der Waals surface area contributed by atoms with E-state index in [0.717, 1.165) is 12.1 Å². The fourth-order valence-corrected chi connectivity index (χ4v) is 4.96. The zero-order chi connectivity index (χ0) is 19.6. The molecule has 8 heteroatoms. The quantitative estimate of drug-likeness (QED) is 0.825. The van der Waals surface area contributed by atoms with Gasteiger partial charge in [0.2, 0.25) is 15.9 Å². The number of hydrogen-bond donors (Lipinski definition) is 1. The van der Waals surface area contributed by atoms with Gasteiger partial charge < -0.3 is 15.0 Å². The number of morpholine rings is 1. The molecule has 0 spiro atoms. The van der Waals surface area contributed by atoms with Crippen LogP contribution in [0.3, 0.4) is 0 Å². The van der Waals surface area contributed by atoms with Gasteiger partial charge in [-0.25, -0.2) is 8.42 Å². The number of benzene rings is 2. The number of carbonyl (C=O) groups is 1. The van der Waals surface area contributed by atoms with Gasteiger partial charge in [0.1, 0.15) is 0 Å². The molecule has 2 aliphatic rings. The van der Waals surface area contributed by atoms with Gasteiger partial charge >= 0.3 is 0 Å². The van der Waals surface area contributed by atoms with Gasteiger partial charge in [-0.1, -0.05) is 18.2 Å². The topological polar surface area (TPSA) is 79.0 Å². The Morgan fingerprint density at radius 2 is 1.71 bits per heavy atom. The van der Waals surface area contributed by atoms with E-state index < -0.39 is 10.0 Å². The summed E-state index contributed by atoms with van der Waals surface area (Å²) < 4.78 is 31.9. The van der Waals surface area contributed by atoms with Crippen molar-refractivity contribution in [2.75, 3.05) is 49.6 Å². The maximum absolute atomic E-state index is 12.6. The molecule has 1 saturated heterocycles. The van der Waals surface area contributed by atoms with Crippen LogP contribution in [0, 0.1) is 0 Å². The van der Waals surface area contributed by atoms with Crippen LogP contribution in [-0.2, 0) is 26.0 Å². The van der Waals surface area contributed by atoms with Crippen LogP contribution >= 0.6 is 0 Å². The molecule has 2 aromatic rings. The second kappa shape index (κ2) is 7.90. The van der Waals surface area contributed by atoms with E-state index in [1.807, 2.05) is 24.3 Å². The van der Waals surface area contributed by atoms with Gasteiger partial charge in [-0.3, -0.25) is 4.79 Å². The second-order valence-electron chi connectivity index (χ2n) is 6.82. The van der Waals surface area contributed by atoms with E-state index in [-0.39, 0.29) is 17.3 Å². The lowest BCUT2D eigenvalue weighted by atomic mass is 10.2. The number of rotatable bonds is 5. The van der Waals surface area contributed by atoms with E-state index >= 15 is 0 Å². The summed E-state index contributed by atoms with van der Waals surface area (Å²) in [5, 5.41) is 3.09. The molecule has 0 saturated carbocycles. The average Bonchev–Trinajstić information content (AvgIpc) is 3.17. The van der Waals surface area contributed by atoms with Crippen LogP contribution in [-0.4, -0.2) is 58.0 Å². The number of sulfonamides is 1. The van der Waals surface area contributed by atoms with Crippen LogP contribution in [0.15, 0.2) is 53.4 Å². The highest BCUT2D eigenvalue weighted by Crippen LogP contribution is 2.27. The number of nitrogens with one attached hydrogen (secondary N) is 1. The number of carbonyl (C=O) groups excluding carboxylic acids is 1. The molecule has 0 bridgehead atoms. The maximum Gasteiger partial charge on any atom is 0.246 e. The molecule has 28 heavy (non-hydrogen) atoms. The van der Waals surface area contributed by atoms with Crippen molar-refractivity contribution < 1.29 is 17.9 Å². The first-order chi connectivity index (χ1) is 13.6.